The molecule has 1 aromatic heterocycles. The zero-order chi connectivity index (χ0) is 16.2. The molecule has 6 heteroatoms. The summed E-state index contributed by atoms with van der Waals surface area (Å²) in [6.07, 6.45) is 8.63. The van der Waals surface area contributed by atoms with Gasteiger partial charge in [-0.3, -0.25) is 0 Å². The number of hydrogen-bond donors (Lipinski definition) is 1. The lowest BCUT2D eigenvalue weighted by Gasteiger charge is -2.37. The maximum atomic E-state index is 11.1. The molecule has 1 N–H and O–H groups in total. The van der Waals surface area contributed by atoms with E-state index in [0.29, 0.717) is 25.0 Å². The van der Waals surface area contributed by atoms with Crippen molar-refractivity contribution in [1.82, 2.24) is 19.4 Å². The molecule has 2 aliphatic heterocycles. The van der Waals surface area contributed by atoms with E-state index >= 15 is 0 Å². The highest BCUT2D eigenvalue weighted by atomic mass is 16.4. The van der Waals surface area contributed by atoms with E-state index < -0.39 is 6.09 Å². The van der Waals surface area contributed by atoms with Crippen molar-refractivity contribution in [3.8, 4) is 0 Å². The monoisotopic (exact) mass is 320 g/mol. The average molecular weight is 320 g/mol. The molecule has 23 heavy (non-hydrogen) atoms. The molecule has 6 nitrogen and oxygen atoms in total. The average Bonchev–Trinajstić information content (AvgIpc) is 2.90. The van der Waals surface area contributed by atoms with Crippen LogP contribution in [-0.2, 0) is 6.54 Å². The molecular formula is C17H28N4O2. The molecule has 0 radical (unpaired) electrons. The molecule has 1 atom stereocenters. The molecule has 1 amide bonds. The van der Waals surface area contributed by atoms with Gasteiger partial charge in [0.05, 0.1) is 0 Å². The first-order valence-electron chi connectivity index (χ1n) is 8.92. The van der Waals surface area contributed by atoms with Crippen molar-refractivity contribution in [2.24, 2.45) is 0 Å². The Hall–Kier alpha value is -1.56. The molecule has 2 saturated heterocycles. The number of rotatable bonds is 3. The minimum absolute atomic E-state index is 0.547. The van der Waals surface area contributed by atoms with Gasteiger partial charge in [-0.15, -0.1) is 0 Å². The highest BCUT2D eigenvalue weighted by Gasteiger charge is 2.29. The van der Waals surface area contributed by atoms with Crippen molar-refractivity contribution in [2.45, 2.75) is 57.5 Å². The van der Waals surface area contributed by atoms with E-state index in [9.17, 15) is 4.79 Å². The van der Waals surface area contributed by atoms with Gasteiger partial charge in [-0.2, -0.15) is 0 Å². The van der Waals surface area contributed by atoms with Gasteiger partial charge >= 0.3 is 6.09 Å². The van der Waals surface area contributed by atoms with E-state index in [1.54, 1.807) is 4.90 Å². The fourth-order valence-corrected chi connectivity index (χ4v) is 4.11. The van der Waals surface area contributed by atoms with Crippen molar-refractivity contribution in [1.29, 1.82) is 0 Å². The third kappa shape index (κ3) is 3.68. The summed E-state index contributed by atoms with van der Waals surface area (Å²) in [6.45, 7) is 6.75. The molecule has 0 saturated carbocycles. The van der Waals surface area contributed by atoms with Crippen LogP contribution in [0.3, 0.4) is 0 Å². The second kappa shape index (κ2) is 7.34. The first kappa shape index (κ1) is 16.3. The van der Waals surface area contributed by atoms with Gasteiger partial charge in [0, 0.05) is 44.0 Å². The topological polar surface area (TPSA) is 61.6 Å². The third-order valence-electron chi connectivity index (χ3n) is 5.47. The Labute approximate surface area is 138 Å². The van der Waals surface area contributed by atoms with Crippen LogP contribution in [0.1, 0.15) is 50.8 Å². The van der Waals surface area contributed by atoms with Gasteiger partial charge in [0.2, 0.25) is 0 Å². The van der Waals surface area contributed by atoms with Crippen LogP contribution < -0.4 is 0 Å². The highest BCUT2D eigenvalue weighted by molar-refractivity contribution is 5.64. The first-order valence-corrected chi connectivity index (χ1v) is 8.92. The SMILES string of the molecule is CCn1ccnc1C1CCN(C2CCCN(C(=O)O)CC2)CC1. The highest BCUT2D eigenvalue weighted by Crippen LogP contribution is 2.29. The van der Waals surface area contributed by atoms with E-state index in [0.717, 1.165) is 51.7 Å². The number of likely N-dealkylation sites (tertiary alicyclic amines) is 2. The van der Waals surface area contributed by atoms with Gasteiger partial charge in [-0.1, -0.05) is 0 Å². The number of amides is 1. The van der Waals surface area contributed by atoms with Crippen molar-refractivity contribution in [3.63, 3.8) is 0 Å². The van der Waals surface area contributed by atoms with Crippen LogP contribution in [0, 0.1) is 0 Å². The minimum atomic E-state index is -0.768. The Morgan fingerprint density at radius 3 is 2.70 bits per heavy atom. The number of carboxylic acid groups (broad SMARTS) is 1. The van der Waals surface area contributed by atoms with Gasteiger partial charge in [0.15, 0.2) is 0 Å². The smallest absolute Gasteiger partial charge is 0.407 e. The van der Waals surface area contributed by atoms with Crippen molar-refractivity contribution >= 4 is 6.09 Å². The van der Waals surface area contributed by atoms with Gasteiger partial charge in [0.1, 0.15) is 5.82 Å². The van der Waals surface area contributed by atoms with E-state index in [1.807, 2.05) is 6.20 Å². The Bertz CT molecular complexity index is 522. The summed E-state index contributed by atoms with van der Waals surface area (Å²) >= 11 is 0. The lowest BCUT2D eigenvalue weighted by Crippen LogP contribution is -2.42. The lowest BCUT2D eigenvalue weighted by atomic mass is 9.93. The van der Waals surface area contributed by atoms with Crippen LogP contribution in [-0.4, -0.2) is 62.8 Å². The maximum Gasteiger partial charge on any atom is 0.407 e. The Balaban J connectivity index is 1.54. The van der Waals surface area contributed by atoms with E-state index in [4.69, 9.17) is 5.11 Å². The van der Waals surface area contributed by atoms with Crippen LogP contribution in [0.25, 0.3) is 0 Å². The second-order valence-electron chi connectivity index (χ2n) is 6.74. The molecular weight excluding hydrogens is 292 g/mol. The third-order valence-corrected chi connectivity index (χ3v) is 5.47. The summed E-state index contributed by atoms with van der Waals surface area (Å²) in [6, 6.07) is 0.547. The summed E-state index contributed by atoms with van der Waals surface area (Å²) < 4.78 is 2.26. The second-order valence-corrected chi connectivity index (χ2v) is 6.74. The fourth-order valence-electron chi connectivity index (χ4n) is 4.11. The van der Waals surface area contributed by atoms with Crippen molar-refractivity contribution in [2.75, 3.05) is 26.2 Å². The molecule has 128 valence electrons. The maximum absolute atomic E-state index is 11.1. The van der Waals surface area contributed by atoms with Crippen LogP contribution in [0.5, 0.6) is 0 Å². The first-order chi connectivity index (χ1) is 11.2. The molecule has 3 rings (SSSR count). The standard InChI is InChI=1S/C17H28N4O2/c1-2-19-13-8-18-16(19)14-5-10-20(11-6-14)15-4-3-9-21(12-7-15)17(22)23/h8,13-15H,2-7,9-12H2,1H3,(H,22,23). The number of aryl methyl sites for hydroxylation is 1. The Morgan fingerprint density at radius 2 is 2.00 bits per heavy atom. The fraction of sp³-hybridized carbons (Fsp3) is 0.765. The molecule has 1 unspecified atom stereocenters. The zero-order valence-corrected chi connectivity index (χ0v) is 14.0. The molecule has 2 fully saturated rings. The summed E-state index contributed by atoms with van der Waals surface area (Å²) in [5.41, 5.74) is 0. The van der Waals surface area contributed by atoms with E-state index in [2.05, 4.69) is 27.6 Å². The minimum Gasteiger partial charge on any atom is -0.465 e. The molecule has 0 aromatic carbocycles. The van der Waals surface area contributed by atoms with Crippen molar-refractivity contribution in [3.05, 3.63) is 18.2 Å². The van der Waals surface area contributed by atoms with Gasteiger partial charge < -0.3 is 19.5 Å². The zero-order valence-electron chi connectivity index (χ0n) is 14.0. The normalized spacial score (nSPS) is 24.6. The summed E-state index contributed by atoms with van der Waals surface area (Å²) in [7, 11) is 0. The predicted molar refractivity (Wildman–Crippen MR) is 88.7 cm³/mol. The van der Waals surface area contributed by atoms with Gasteiger partial charge in [-0.05, 0) is 52.1 Å². The molecule has 0 bridgehead atoms. The number of aromatic nitrogens is 2. The van der Waals surface area contributed by atoms with E-state index in [-0.39, 0.29) is 0 Å². The number of carbonyl (C=O) groups is 1. The van der Waals surface area contributed by atoms with Gasteiger partial charge in [0.25, 0.3) is 0 Å². The van der Waals surface area contributed by atoms with Crippen LogP contribution >= 0.6 is 0 Å². The summed E-state index contributed by atoms with van der Waals surface area (Å²) in [5.74, 6) is 1.81. The number of hydrogen-bond acceptors (Lipinski definition) is 3. The lowest BCUT2D eigenvalue weighted by molar-refractivity contribution is 0.130. The van der Waals surface area contributed by atoms with Crippen molar-refractivity contribution < 1.29 is 9.90 Å². The predicted octanol–water partition coefficient (Wildman–Crippen LogP) is 2.61. The van der Waals surface area contributed by atoms with E-state index in [1.165, 1.54) is 5.82 Å². The van der Waals surface area contributed by atoms with Crippen LogP contribution in [0.15, 0.2) is 12.4 Å². The Morgan fingerprint density at radius 1 is 1.22 bits per heavy atom. The quantitative estimate of drug-likeness (QED) is 0.930. The molecule has 1 aromatic rings. The number of piperidine rings is 1. The summed E-state index contributed by atoms with van der Waals surface area (Å²) in [5, 5.41) is 9.15. The summed E-state index contributed by atoms with van der Waals surface area (Å²) in [4.78, 5) is 19.9. The van der Waals surface area contributed by atoms with Gasteiger partial charge in [-0.25, -0.2) is 9.78 Å². The largest absolute Gasteiger partial charge is 0.465 e. The van der Waals surface area contributed by atoms with Crippen LogP contribution in [0.2, 0.25) is 0 Å². The molecule has 0 aliphatic carbocycles. The molecule has 3 heterocycles. The Kier molecular flexibility index (Phi) is 5.20. The molecule has 0 spiro atoms. The molecule has 2 aliphatic rings. The number of imidazole rings is 1. The number of nitrogens with zero attached hydrogens (tertiary/aromatic N) is 4. The van der Waals surface area contributed by atoms with Crippen LogP contribution in [0.4, 0.5) is 4.79 Å².